The fourth-order valence-corrected chi connectivity index (χ4v) is 2.64. The molecule has 0 radical (unpaired) electrons. The summed E-state index contributed by atoms with van der Waals surface area (Å²) in [6.45, 7) is 5.54. The number of rotatable bonds is 2. The Morgan fingerprint density at radius 1 is 1.38 bits per heavy atom. The number of hydrogen-bond acceptors (Lipinski definition) is 3. The molecule has 0 saturated heterocycles. The highest BCUT2D eigenvalue weighted by atomic mass is 127. The molecule has 0 aromatic carbocycles. The second kappa shape index (κ2) is 7.35. The highest BCUT2D eigenvalue weighted by molar-refractivity contribution is 14.0. The molecule has 2 N–H and O–H groups in total. The maximum atomic E-state index is 4.43. The topological polar surface area (TPSA) is 36.4 Å². The number of nitrogens with one attached hydrogen (secondary N) is 2. The van der Waals surface area contributed by atoms with Gasteiger partial charge in [0, 0.05) is 19.6 Å². The Bertz CT molecular complexity index is 230. The second-order valence-corrected chi connectivity index (χ2v) is 5.03. The third kappa shape index (κ3) is 4.47. The van der Waals surface area contributed by atoms with Gasteiger partial charge in [-0.3, -0.25) is 4.99 Å². The molecule has 1 saturated carbocycles. The molecule has 2 rings (SSSR count). The Morgan fingerprint density at radius 2 is 2.25 bits per heavy atom. The van der Waals surface area contributed by atoms with Crippen molar-refractivity contribution in [2.45, 2.75) is 39.0 Å². The molecule has 2 unspecified atom stereocenters. The highest BCUT2D eigenvalue weighted by Gasteiger charge is 2.18. The van der Waals surface area contributed by atoms with Crippen LogP contribution in [0.15, 0.2) is 4.99 Å². The van der Waals surface area contributed by atoms with E-state index in [0.717, 1.165) is 37.4 Å². The lowest BCUT2D eigenvalue weighted by Crippen LogP contribution is -2.43. The zero-order valence-corrected chi connectivity index (χ0v) is 12.5. The van der Waals surface area contributed by atoms with Gasteiger partial charge in [-0.1, -0.05) is 19.8 Å². The van der Waals surface area contributed by atoms with Crippen LogP contribution in [-0.2, 0) is 0 Å². The molecule has 94 valence electrons. The van der Waals surface area contributed by atoms with Crippen LogP contribution < -0.4 is 10.6 Å². The SMILES string of the molecule is CC1CCCC(CNC2=NCCCN2)C1.I. The fraction of sp³-hybridized carbons (Fsp3) is 0.917. The number of nitrogens with zero attached hydrogens (tertiary/aromatic N) is 1. The zero-order chi connectivity index (χ0) is 10.5. The van der Waals surface area contributed by atoms with Gasteiger partial charge in [-0.25, -0.2) is 0 Å². The summed E-state index contributed by atoms with van der Waals surface area (Å²) in [6.07, 6.45) is 6.79. The first-order valence-corrected chi connectivity index (χ1v) is 6.37. The molecule has 2 atom stereocenters. The molecule has 1 aliphatic carbocycles. The smallest absolute Gasteiger partial charge is 0.191 e. The van der Waals surface area contributed by atoms with E-state index in [1.54, 1.807) is 0 Å². The molecule has 0 bridgehead atoms. The number of hydrogen-bond donors (Lipinski definition) is 2. The van der Waals surface area contributed by atoms with Gasteiger partial charge in [-0.05, 0) is 31.1 Å². The van der Waals surface area contributed by atoms with Gasteiger partial charge in [0.2, 0.25) is 0 Å². The first-order valence-electron chi connectivity index (χ1n) is 6.37. The van der Waals surface area contributed by atoms with Gasteiger partial charge in [0.25, 0.3) is 0 Å². The maximum absolute atomic E-state index is 4.43. The molecular formula is C12H24IN3. The normalized spacial score (nSPS) is 29.7. The number of aliphatic imine (C=N–C) groups is 1. The fourth-order valence-electron chi connectivity index (χ4n) is 2.64. The van der Waals surface area contributed by atoms with Gasteiger partial charge in [0.15, 0.2) is 5.96 Å². The summed E-state index contributed by atoms with van der Waals surface area (Å²) in [5.41, 5.74) is 0. The summed E-state index contributed by atoms with van der Waals surface area (Å²) in [5.74, 6) is 2.81. The molecule has 4 heteroatoms. The molecule has 1 aliphatic heterocycles. The third-order valence-corrected chi connectivity index (χ3v) is 3.50. The van der Waals surface area contributed by atoms with Crippen LogP contribution in [0.5, 0.6) is 0 Å². The van der Waals surface area contributed by atoms with Crippen molar-refractivity contribution < 1.29 is 0 Å². The van der Waals surface area contributed by atoms with Gasteiger partial charge in [-0.2, -0.15) is 0 Å². The van der Waals surface area contributed by atoms with E-state index < -0.39 is 0 Å². The van der Waals surface area contributed by atoms with Crippen LogP contribution in [0.2, 0.25) is 0 Å². The largest absolute Gasteiger partial charge is 0.356 e. The van der Waals surface area contributed by atoms with E-state index in [1.807, 2.05) is 0 Å². The zero-order valence-electron chi connectivity index (χ0n) is 10.2. The summed E-state index contributed by atoms with van der Waals surface area (Å²) in [6, 6.07) is 0. The van der Waals surface area contributed by atoms with Crippen molar-refractivity contribution in [1.29, 1.82) is 0 Å². The number of guanidine groups is 1. The van der Waals surface area contributed by atoms with Crippen molar-refractivity contribution in [3.8, 4) is 0 Å². The Hall–Kier alpha value is 0. The standard InChI is InChI=1S/C12H23N3.HI/c1-10-4-2-5-11(8-10)9-15-12-13-6-3-7-14-12;/h10-11H,2-9H2,1H3,(H2,13,14,15);1H. The van der Waals surface area contributed by atoms with E-state index in [4.69, 9.17) is 0 Å². The monoisotopic (exact) mass is 337 g/mol. The van der Waals surface area contributed by atoms with Gasteiger partial charge < -0.3 is 10.6 Å². The Morgan fingerprint density at radius 3 is 2.94 bits per heavy atom. The van der Waals surface area contributed by atoms with Crippen LogP contribution in [0, 0.1) is 11.8 Å². The minimum absolute atomic E-state index is 0. The summed E-state index contributed by atoms with van der Waals surface area (Å²) >= 11 is 0. The first kappa shape index (κ1) is 14.1. The average molecular weight is 337 g/mol. The number of halogens is 1. The molecule has 0 spiro atoms. The third-order valence-electron chi connectivity index (χ3n) is 3.50. The maximum Gasteiger partial charge on any atom is 0.191 e. The van der Waals surface area contributed by atoms with Gasteiger partial charge in [-0.15, -0.1) is 24.0 Å². The minimum Gasteiger partial charge on any atom is -0.356 e. The van der Waals surface area contributed by atoms with Crippen molar-refractivity contribution in [1.82, 2.24) is 10.6 Å². The highest BCUT2D eigenvalue weighted by Crippen LogP contribution is 2.27. The predicted octanol–water partition coefficient (Wildman–Crippen LogP) is 2.37. The quantitative estimate of drug-likeness (QED) is 0.759. The average Bonchev–Trinajstić information content (AvgIpc) is 2.28. The van der Waals surface area contributed by atoms with Crippen molar-refractivity contribution in [2.24, 2.45) is 16.8 Å². The molecule has 1 fully saturated rings. The summed E-state index contributed by atoms with van der Waals surface area (Å²) in [4.78, 5) is 4.43. The van der Waals surface area contributed by atoms with Gasteiger partial charge >= 0.3 is 0 Å². The van der Waals surface area contributed by atoms with E-state index in [0.29, 0.717) is 0 Å². The van der Waals surface area contributed by atoms with Crippen LogP contribution in [0.25, 0.3) is 0 Å². The van der Waals surface area contributed by atoms with Crippen molar-refractivity contribution in [3.05, 3.63) is 0 Å². The molecule has 16 heavy (non-hydrogen) atoms. The summed E-state index contributed by atoms with van der Waals surface area (Å²) < 4.78 is 0. The van der Waals surface area contributed by atoms with Crippen LogP contribution >= 0.6 is 24.0 Å². The van der Waals surface area contributed by atoms with Crippen molar-refractivity contribution in [3.63, 3.8) is 0 Å². The summed E-state index contributed by atoms with van der Waals surface area (Å²) in [7, 11) is 0. The molecular weight excluding hydrogens is 313 g/mol. The van der Waals surface area contributed by atoms with Gasteiger partial charge in [0.05, 0.1) is 0 Å². The lowest BCUT2D eigenvalue weighted by Gasteiger charge is -2.27. The van der Waals surface area contributed by atoms with Crippen LogP contribution in [0.3, 0.4) is 0 Å². The lowest BCUT2D eigenvalue weighted by molar-refractivity contribution is 0.282. The van der Waals surface area contributed by atoms with Crippen LogP contribution in [0.1, 0.15) is 39.0 Å². The van der Waals surface area contributed by atoms with E-state index in [1.165, 1.54) is 32.1 Å². The van der Waals surface area contributed by atoms with Crippen LogP contribution in [0.4, 0.5) is 0 Å². The first-order chi connectivity index (χ1) is 7.34. The Kier molecular flexibility index (Phi) is 6.46. The molecule has 0 aromatic heterocycles. The van der Waals surface area contributed by atoms with Crippen molar-refractivity contribution in [2.75, 3.05) is 19.6 Å². The van der Waals surface area contributed by atoms with E-state index in [9.17, 15) is 0 Å². The minimum atomic E-state index is 0. The predicted molar refractivity (Wildman–Crippen MR) is 79.5 cm³/mol. The lowest BCUT2D eigenvalue weighted by atomic mass is 9.82. The molecule has 0 amide bonds. The molecule has 0 aromatic rings. The van der Waals surface area contributed by atoms with E-state index in [-0.39, 0.29) is 24.0 Å². The Balaban J connectivity index is 0.00000128. The second-order valence-electron chi connectivity index (χ2n) is 5.03. The molecule has 1 heterocycles. The van der Waals surface area contributed by atoms with E-state index in [2.05, 4.69) is 22.5 Å². The summed E-state index contributed by atoms with van der Waals surface area (Å²) in [5, 5.41) is 6.76. The Labute approximate surface area is 116 Å². The van der Waals surface area contributed by atoms with Crippen molar-refractivity contribution >= 4 is 29.9 Å². The molecule has 2 aliphatic rings. The van der Waals surface area contributed by atoms with Crippen LogP contribution in [-0.4, -0.2) is 25.6 Å². The van der Waals surface area contributed by atoms with Gasteiger partial charge in [0.1, 0.15) is 0 Å². The van der Waals surface area contributed by atoms with E-state index >= 15 is 0 Å². The molecule has 3 nitrogen and oxygen atoms in total.